The Bertz CT molecular complexity index is 802. The van der Waals surface area contributed by atoms with Gasteiger partial charge in [-0.15, -0.1) is 0 Å². The van der Waals surface area contributed by atoms with Crippen molar-refractivity contribution in [2.75, 3.05) is 7.11 Å². The summed E-state index contributed by atoms with van der Waals surface area (Å²) in [4.78, 5) is 15.0. The summed E-state index contributed by atoms with van der Waals surface area (Å²) in [5.41, 5.74) is 2.37. The molecule has 0 bridgehead atoms. The average Bonchev–Trinajstić information content (AvgIpc) is 2.90. The SMILES string of the molecule is COc1ccc(-n2cc(-c3ccc(Br)cc3)[nH]c2=O)cc1. The van der Waals surface area contributed by atoms with Crippen molar-refractivity contribution in [3.05, 3.63) is 69.7 Å². The Morgan fingerprint density at radius 3 is 2.33 bits per heavy atom. The number of methoxy groups -OCH3 is 1. The van der Waals surface area contributed by atoms with Gasteiger partial charge < -0.3 is 9.72 Å². The molecule has 0 unspecified atom stereocenters. The molecule has 0 spiro atoms. The molecule has 5 heteroatoms. The lowest BCUT2D eigenvalue weighted by atomic mass is 10.2. The summed E-state index contributed by atoms with van der Waals surface area (Å²) < 4.78 is 7.70. The van der Waals surface area contributed by atoms with Crippen LogP contribution in [-0.4, -0.2) is 16.7 Å². The molecule has 106 valence electrons. The number of imidazole rings is 1. The van der Waals surface area contributed by atoms with Gasteiger partial charge in [-0.05, 0) is 42.0 Å². The van der Waals surface area contributed by atoms with E-state index in [0.29, 0.717) is 0 Å². The first-order valence-electron chi connectivity index (χ1n) is 6.39. The minimum atomic E-state index is -0.168. The third-order valence-electron chi connectivity index (χ3n) is 3.22. The van der Waals surface area contributed by atoms with E-state index in [-0.39, 0.29) is 5.69 Å². The van der Waals surface area contributed by atoms with E-state index >= 15 is 0 Å². The molecule has 0 aliphatic carbocycles. The maximum atomic E-state index is 12.1. The van der Waals surface area contributed by atoms with Crippen LogP contribution in [-0.2, 0) is 0 Å². The van der Waals surface area contributed by atoms with E-state index in [2.05, 4.69) is 20.9 Å². The number of hydrogen-bond donors (Lipinski definition) is 1. The number of hydrogen-bond acceptors (Lipinski definition) is 2. The Morgan fingerprint density at radius 2 is 1.71 bits per heavy atom. The zero-order valence-electron chi connectivity index (χ0n) is 11.3. The first kappa shape index (κ1) is 13.7. The van der Waals surface area contributed by atoms with E-state index < -0.39 is 0 Å². The van der Waals surface area contributed by atoms with Crippen LogP contribution in [0.2, 0.25) is 0 Å². The lowest BCUT2D eigenvalue weighted by Gasteiger charge is -2.03. The number of H-pyrrole nitrogens is 1. The van der Waals surface area contributed by atoms with Gasteiger partial charge in [-0.2, -0.15) is 0 Å². The van der Waals surface area contributed by atoms with E-state index in [1.165, 1.54) is 0 Å². The zero-order chi connectivity index (χ0) is 14.8. The fourth-order valence-corrected chi connectivity index (χ4v) is 2.37. The second-order valence-electron chi connectivity index (χ2n) is 4.55. The quantitative estimate of drug-likeness (QED) is 0.788. The van der Waals surface area contributed by atoms with Crippen LogP contribution in [0.25, 0.3) is 16.9 Å². The standard InChI is InChI=1S/C16H13BrN2O2/c1-21-14-8-6-13(7-9-14)19-10-15(18-16(19)20)11-2-4-12(17)5-3-11/h2-10H,1H3,(H,18,20). The summed E-state index contributed by atoms with van der Waals surface area (Å²) >= 11 is 3.40. The van der Waals surface area contributed by atoms with Crippen LogP contribution in [0, 0.1) is 0 Å². The molecule has 3 rings (SSSR count). The lowest BCUT2D eigenvalue weighted by Crippen LogP contribution is -2.13. The van der Waals surface area contributed by atoms with Crippen LogP contribution in [0.15, 0.2) is 64.0 Å². The molecule has 1 N–H and O–H groups in total. The van der Waals surface area contributed by atoms with E-state index in [0.717, 1.165) is 27.2 Å². The minimum absolute atomic E-state index is 0.168. The summed E-state index contributed by atoms with van der Waals surface area (Å²) in [5.74, 6) is 0.760. The number of halogens is 1. The maximum absolute atomic E-state index is 12.1. The molecule has 0 atom stereocenters. The van der Waals surface area contributed by atoms with Gasteiger partial charge in [0.2, 0.25) is 0 Å². The third-order valence-corrected chi connectivity index (χ3v) is 3.75. The van der Waals surface area contributed by atoms with Crippen LogP contribution >= 0.6 is 15.9 Å². The molecule has 0 radical (unpaired) electrons. The van der Waals surface area contributed by atoms with Gasteiger partial charge in [0.25, 0.3) is 0 Å². The van der Waals surface area contributed by atoms with Crippen molar-refractivity contribution < 1.29 is 4.74 Å². The Morgan fingerprint density at radius 1 is 1.05 bits per heavy atom. The first-order valence-corrected chi connectivity index (χ1v) is 7.19. The van der Waals surface area contributed by atoms with Crippen molar-refractivity contribution >= 4 is 15.9 Å². The van der Waals surface area contributed by atoms with Crippen molar-refractivity contribution in [2.45, 2.75) is 0 Å². The Labute approximate surface area is 130 Å². The van der Waals surface area contributed by atoms with Crippen LogP contribution in [0.3, 0.4) is 0 Å². The fourth-order valence-electron chi connectivity index (χ4n) is 2.11. The van der Waals surface area contributed by atoms with Crippen molar-refractivity contribution in [1.82, 2.24) is 9.55 Å². The molecule has 0 fully saturated rings. The summed E-state index contributed by atoms with van der Waals surface area (Å²) in [6.45, 7) is 0. The molecule has 4 nitrogen and oxygen atoms in total. The molecular formula is C16H13BrN2O2. The second-order valence-corrected chi connectivity index (χ2v) is 5.46. The van der Waals surface area contributed by atoms with Crippen molar-refractivity contribution in [3.63, 3.8) is 0 Å². The van der Waals surface area contributed by atoms with E-state index in [1.807, 2.05) is 48.5 Å². The summed E-state index contributed by atoms with van der Waals surface area (Å²) in [7, 11) is 1.61. The minimum Gasteiger partial charge on any atom is -0.497 e. The number of aromatic amines is 1. The Hall–Kier alpha value is -2.27. The highest BCUT2D eigenvalue weighted by molar-refractivity contribution is 9.10. The zero-order valence-corrected chi connectivity index (χ0v) is 12.9. The van der Waals surface area contributed by atoms with Gasteiger partial charge in [-0.3, -0.25) is 4.57 Å². The molecule has 3 aromatic rings. The second kappa shape index (κ2) is 5.61. The molecule has 21 heavy (non-hydrogen) atoms. The smallest absolute Gasteiger partial charge is 0.330 e. The van der Waals surface area contributed by atoms with Crippen LogP contribution < -0.4 is 10.4 Å². The molecule has 1 aromatic heterocycles. The number of benzene rings is 2. The topological polar surface area (TPSA) is 47.0 Å². The van der Waals surface area contributed by atoms with E-state index in [9.17, 15) is 4.79 Å². The highest BCUT2D eigenvalue weighted by Gasteiger charge is 2.07. The number of aromatic nitrogens is 2. The fraction of sp³-hybridized carbons (Fsp3) is 0.0625. The third kappa shape index (κ3) is 2.78. The Kier molecular flexibility index (Phi) is 3.66. The lowest BCUT2D eigenvalue weighted by molar-refractivity contribution is 0.414. The molecule has 0 aliphatic rings. The Balaban J connectivity index is 2.00. The van der Waals surface area contributed by atoms with Gasteiger partial charge in [0, 0.05) is 10.7 Å². The summed E-state index contributed by atoms with van der Waals surface area (Å²) in [6.07, 6.45) is 1.80. The summed E-state index contributed by atoms with van der Waals surface area (Å²) in [5, 5.41) is 0. The van der Waals surface area contributed by atoms with E-state index in [1.54, 1.807) is 17.9 Å². The van der Waals surface area contributed by atoms with Gasteiger partial charge in [-0.1, -0.05) is 28.1 Å². The van der Waals surface area contributed by atoms with Crippen molar-refractivity contribution in [3.8, 4) is 22.7 Å². The predicted octanol–water partition coefficient (Wildman–Crippen LogP) is 3.60. The first-order chi connectivity index (χ1) is 10.2. The predicted molar refractivity (Wildman–Crippen MR) is 86.1 cm³/mol. The van der Waals surface area contributed by atoms with E-state index in [4.69, 9.17) is 4.74 Å². The van der Waals surface area contributed by atoms with Crippen molar-refractivity contribution in [2.24, 2.45) is 0 Å². The number of nitrogens with zero attached hydrogens (tertiary/aromatic N) is 1. The molecule has 0 amide bonds. The normalized spacial score (nSPS) is 10.6. The molecular weight excluding hydrogens is 332 g/mol. The van der Waals surface area contributed by atoms with Crippen molar-refractivity contribution in [1.29, 1.82) is 0 Å². The van der Waals surface area contributed by atoms with Gasteiger partial charge in [0.1, 0.15) is 5.75 Å². The number of rotatable bonds is 3. The number of nitrogens with one attached hydrogen (secondary N) is 1. The maximum Gasteiger partial charge on any atom is 0.330 e. The molecule has 1 heterocycles. The van der Waals surface area contributed by atoms with Gasteiger partial charge in [0.05, 0.1) is 18.5 Å². The highest BCUT2D eigenvalue weighted by atomic mass is 79.9. The van der Waals surface area contributed by atoms with Crippen LogP contribution in [0.4, 0.5) is 0 Å². The molecule has 2 aromatic carbocycles. The highest BCUT2D eigenvalue weighted by Crippen LogP contribution is 2.20. The summed E-state index contributed by atoms with van der Waals surface area (Å²) in [6, 6.07) is 15.1. The molecule has 0 aliphatic heterocycles. The molecule has 0 saturated carbocycles. The van der Waals surface area contributed by atoms with Crippen LogP contribution in [0.1, 0.15) is 0 Å². The molecule has 0 saturated heterocycles. The average molecular weight is 345 g/mol. The van der Waals surface area contributed by atoms with Gasteiger partial charge in [-0.25, -0.2) is 4.79 Å². The number of ether oxygens (including phenoxy) is 1. The largest absolute Gasteiger partial charge is 0.497 e. The van der Waals surface area contributed by atoms with Crippen LogP contribution in [0.5, 0.6) is 5.75 Å². The van der Waals surface area contributed by atoms with Gasteiger partial charge >= 0.3 is 5.69 Å². The monoisotopic (exact) mass is 344 g/mol. The van der Waals surface area contributed by atoms with Gasteiger partial charge in [0.15, 0.2) is 0 Å².